The van der Waals surface area contributed by atoms with E-state index in [4.69, 9.17) is 14.2 Å². The van der Waals surface area contributed by atoms with E-state index < -0.39 is 5.91 Å². The summed E-state index contributed by atoms with van der Waals surface area (Å²) in [5.41, 5.74) is 2.18. The fourth-order valence-electron chi connectivity index (χ4n) is 2.54. The Hall–Kier alpha value is -3.66. The van der Waals surface area contributed by atoms with E-state index in [9.17, 15) is 10.1 Å². The molecule has 0 saturated heterocycles. The lowest BCUT2D eigenvalue weighted by Crippen LogP contribution is -2.14. The third kappa shape index (κ3) is 4.74. The molecule has 0 radical (unpaired) electrons. The van der Waals surface area contributed by atoms with Crippen LogP contribution in [0, 0.1) is 11.3 Å². The summed E-state index contributed by atoms with van der Waals surface area (Å²) in [7, 11) is 8.35. The Morgan fingerprint density at radius 3 is 2.04 bits per heavy atom. The van der Waals surface area contributed by atoms with Crippen molar-refractivity contribution in [3.8, 4) is 23.3 Å². The average Bonchev–Trinajstić information content (AvgIpc) is 2.71. The molecule has 1 N–H and O–H groups in total. The number of benzene rings is 2. The molecule has 0 atom stereocenters. The summed E-state index contributed by atoms with van der Waals surface area (Å²) >= 11 is 0. The number of rotatable bonds is 7. The normalized spacial score (nSPS) is 10.6. The van der Waals surface area contributed by atoms with Gasteiger partial charge in [0.15, 0.2) is 11.5 Å². The molecule has 2 rings (SSSR count). The van der Waals surface area contributed by atoms with Gasteiger partial charge in [-0.2, -0.15) is 5.26 Å². The van der Waals surface area contributed by atoms with Gasteiger partial charge in [0.05, 0.1) is 21.3 Å². The van der Waals surface area contributed by atoms with E-state index >= 15 is 0 Å². The fraction of sp³-hybridized carbons (Fsp3) is 0.238. The number of methoxy groups -OCH3 is 3. The molecule has 0 saturated carbocycles. The molecular formula is C21H23N3O4. The molecule has 2 aromatic rings. The fourth-order valence-corrected chi connectivity index (χ4v) is 2.54. The first-order valence-corrected chi connectivity index (χ1v) is 8.44. The van der Waals surface area contributed by atoms with Gasteiger partial charge in [0, 0.05) is 37.6 Å². The van der Waals surface area contributed by atoms with Gasteiger partial charge in [-0.3, -0.25) is 4.79 Å². The molecule has 28 heavy (non-hydrogen) atoms. The minimum absolute atomic E-state index is 0.0219. The highest BCUT2D eigenvalue weighted by Crippen LogP contribution is 2.40. The van der Waals surface area contributed by atoms with Crippen molar-refractivity contribution in [3.63, 3.8) is 0 Å². The van der Waals surface area contributed by atoms with E-state index in [1.807, 2.05) is 49.3 Å². The zero-order valence-electron chi connectivity index (χ0n) is 16.6. The molecule has 0 aliphatic carbocycles. The summed E-state index contributed by atoms with van der Waals surface area (Å²) in [6, 6.07) is 12.7. The van der Waals surface area contributed by atoms with Crippen LogP contribution in [0.25, 0.3) is 6.08 Å². The summed E-state index contributed by atoms with van der Waals surface area (Å²) in [5, 5.41) is 12.1. The molecule has 0 unspecified atom stereocenters. The third-order valence-electron chi connectivity index (χ3n) is 4.01. The predicted octanol–water partition coefficient (Wildman–Crippen LogP) is 3.32. The van der Waals surface area contributed by atoms with Crippen LogP contribution in [0.3, 0.4) is 0 Å². The van der Waals surface area contributed by atoms with Gasteiger partial charge in [0.25, 0.3) is 5.91 Å². The Balaban J connectivity index is 2.28. The molecule has 0 aromatic heterocycles. The van der Waals surface area contributed by atoms with Gasteiger partial charge < -0.3 is 24.4 Å². The first-order valence-electron chi connectivity index (χ1n) is 8.44. The quantitative estimate of drug-likeness (QED) is 0.585. The van der Waals surface area contributed by atoms with Gasteiger partial charge >= 0.3 is 0 Å². The highest BCUT2D eigenvalue weighted by Gasteiger charge is 2.16. The lowest BCUT2D eigenvalue weighted by molar-refractivity contribution is -0.112. The molecule has 0 fully saturated rings. The van der Waals surface area contributed by atoms with Crippen LogP contribution in [0.1, 0.15) is 5.56 Å². The van der Waals surface area contributed by atoms with Gasteiger partial charge in [0.2, 0.25) is 5.75 Å². The van der Waals surface area contributed by atoms with Crippen molar-refractivity contribution in [2.24, 2.45) is 0 Å². The maximum Gasteiger partial charge on any atom is 0.266 e. The standard InChI is InChI=1S/C21H23N3O4/c1-24(2)17-8-6-14(7-9-17)10-15(13-22)21(25)23-16-11-18(26-3)20(28-5)19(12-16)27-4/h6-12H,1-5H3,(H,23,25)/b15-10+. The average molecular weight is 381 g/mol. The smallest absolute Gasteiger partial charge is 0.266 e. The zero-order chi connectivity index (χ0) is 20.7. The SMILES string of the molecule is COc1cc(NC(=O)/C(C#N)=C/c2ccc(N(C)C)cc2)cc(OC)c1OC. The van der Waals surface area contributed by atoms with E-state index in [1.54, 1.807) is 12.1 Å². The van der Waals surface area contributed by atoms with E-state index in [2.05, 4.69) is 5.32 Å². The number of anilines is 2. The lowest BCUT2D eigenvalue weighted by atomic mass is 10.1. The molecule has 0 heterocycles. The van der Waals surface area contributed by atoms with Gasteiger partial charge in [-0.25, -0.2) is 0 Å². The molecule has 0 aliphatic rings. The van der Waals surface area contributed by atoms with Crippen LogP contribution in [0.2, 0.25) is 0 Å². The highest BCUT2D eigenvalue weighted by molar-refractivity contribution is 6.09. The number of hydrogen-bond donors (Lipinski definition) is 1. The van der Waals surface area contributed by atoms with Crippen molar-refractivity contribution in [1.29, 1.82) is 5.26 Å². The predicted molar refractivity (Wildman–Crippen MR) is 109 cm³/mol. The number of nitriles is 1. The van der Waals surface area contributed by atoms with Crippen LogP contribution < -0.4 is 24.4 Å². The Labute approximate surface area is 164 Å². The first-order chi connectivity index (χ1) is 13.4. The Morgan fingerprint density at radius 2 is 1.61 bits per heavy atom. The first kappa shape index (κ1) is 20.6. The van der Waals surface area contributed by atoms with Crippen LogP contribution in [-0.4, -0.2) is 41.3 Å². The van der Waals surface area contributed by atoms with Crippen molar-refractivity contribution in [2.75, 3.05) is 45.6 Å². The van der Waals surface area contributed by atoms with Gasteiger partial charge in [0.1, 0.15) is 11.6 Å². The van der Waals surface area contributed by atoms with Crippen molar-refractivity contribution in [3.05, 3.63) is 47.5 Å². The maximum atomic E-state index is 12.6. The van der Waals surface area contributed by atoms with Crippen LogP contribution in [0.15, 0.2) is 42.0 Å². The van der Waals surface area contributed by atoms with Crippen molar-refractivity contribution >= 4 is 23.4 Å². The molecule has 146 valence electrons. The maximum absolute atomic E-state index is 12.6. The second-order valence-corrected chi connectivity index (χ2v) is 6.02. The summed E-state index contributed by atoms with van der Waals surface area (Å²) in [5.74, 6) is 0.686. The Morgan fingerprint density at radius 1 is 1.04 bits per heavy atom. The summed E-state index contributed by atoms with van der Waals surface area (Å²) in [6.07, 6.45) is 1.53. The lowest BCUT2D eigenvalue weighted by Gasteiger charge is -2.14. The number of hydrogen-bond acceptors (Lipinski definition) is 6. The van der Waals surface area contributed by atoms with Crippen LogP contribution in [0.5, 0.6) is 17.2 Å². The van der Waals surface area contributed by atoms with E-state index in [0.717, 1.165) is 11.3 Å². The zero-order valence-corrected chi connectivity index (χ0v) is 16.6. The van der Waals surface area contributed by atoms with E-state index in [0.29, 0.717) is 22.9 Å². The Bertz CT molecular complexity index is 887. The largest absolute Gasteiger partial charge is 0.493 e. The molecule has 2 aromatic carbocycles. The van der Waals surface area contributed by atoms with Gasteiger partial charge in [-0.1, -0.05) is 12.1 Å². The van der Waals surface area contributed by atoms with E-state index in [-0.39, 0.29) is 5.57 Å². The number of nitrogens with one attached hydrogen (secondary N) is 1. The van der Waals surface area contributed by atoms with Crippen molar-refractivity contribution in [1.82, 2.24) is 0 Å². The number of ether oxygens (including phenoxy) is 3. The van der Waals surface area contributed by atoms with E-state index in [1.165, 1.54) is 27.4 Å². The minimum Gasteiger partial charge on any atom is -0.493 e. The molecule has 1 amide bonds. The monoisotopic (exact) mass is 381 g/mol. The number of carbonyl (C=O) groups is 1. The molecule has 0 spiro atoms. The Kier molecular flexibility index (Phi) is 6.88. The van der Waals surface area contributed by atoms with Gasteiger partial charge in [-0.15, -0.1) is 0 Å². The van der Waals surface area contributed by atoms with Crippen molar-refractivity contribution < 1.29 is 19.0 Å². The van der Waals surface area contributed by atoms with Crippen LogP contribution >= 0.6 is 0 Å². The molecule has 7 heteroatoms. The molecule has 0 bridgehead atoms. The highest BCUT2D eigenvalue weighted by atomic mass is 16.5. The number of nitrogens with zero attached hydrogens (tertiary/aromatic N) is 2. The second-order valence-electron chi connectivity index (χ2n) is 6.02. The van der Waals surface area contributed by atoms with Crippen LogP contribution in [-0.2, 0) is 4.79 Å². The second kappa shape index (κ2) is 9.33. The summed E-state index contributed by atoms with van der Waals surface area (Å²) in [4.78, 5) is 14.5. The third-order valence-corrected chi connectivity index (χ3v) is 4.01. The molecule has 7 nitrogen and oxygen atoms in total. The molecule has 0 aliphatic heterocycles. The van der Waals surface area contributed by atoms with Crippen LogP contribution in [0.4, 0.5) is 11.4 Å². The number of carbonyl (C=O) groups excluding carboxylic acids is 1. The topological polar surface area (TPSA) is 83.8 Å². The summed E-state index contributed by atoms with van der Waals surface area (Å²) in [6.45, 7) is 0. The van der Waals surface area contributed by atoms with Crippen molar-refractivity contribution in [2.45, 2.75) is 0 Å². The molecular weight excluding hydrogens is 358 g/mol. The van der Waals surface area contributed by atoms with Gasteiger partial charge in [-0.05, 0) is 23.8 Å². The number of amides is 1. The summed E-state index contributed by atoms with van der Waals surface area (Å²) < 4.78 is 15.8. The minimum atomic E-state index is -0.534.